The van der Waals surface area contributed by atoms with Crippen LogP contribution in [0.3, 0.4) is 0 Å². The number of Topliss-reactive ketones (excluding diaryl/α,β-unsaturated/α-hetero) is 1. The Morgan fingerprint density at radius 3 is 2.38 bits per heavy atom. The summed E-state index contributed by atoms with van der Waals surface area (Å²) < 4.78 is 0. The molecule has 1 unspecified atom stereocenters. The maximum absolute atomic E-state index is 11.4. The zero-order valence-electron chi connectivity index (χ0n) is 7.66. The fourth-order valence-corrected chi connectivity index (χ4v) is 1.08. The summed E-state index contributed by atoms with van der Waals surface area (Å²) in [6, 6.07) is 8.72. The third-order valence-corrected chi connectivity index (χ3v) is 1.86. The van der Waals surface area contributed by atoms with Crippen LogP contribution in [-0.2, 0) is 4.79 Å². The Morgan fingerprint density at radius 1 is 1.38 bits per heavy atom. The lowest BCUT2D eigenvalue weighted by atomic mass is 10.0. The Kier molecular flexibility index (Phi) is 2.98. The van der Waals surface area contributed by atoms with E-state index < -0.39 is 6.04 Å². The van der Waals surface area contributed by atoms with Crippen molar-refractivity contribution in [3.63, 3.8) is 0 Å². The van der Waals surface area contributed by atoms with Crippen LogP contribution in [0.4, 0.5) is 0 Å². The Labute approximate surface area is 78.1 Å². The van der Waals surface area contributed by atoms with Crippen LogP contribution >= 0.6 is 0 Å². The van der Waals surface area contributed by atoms with E-state index in [1.165, 1.54) is 0 Å². The topological polar surface area (TPSA) is 43.1 Å². The highest BCUT2D eigenvalue weighted by Crippen LogP contribution is 2.13. The lowest BCUT2D eigenvalue weighted by molar-refractivity contribution is -0.116. The first-order valence-corrected chi connectivity index (χ1v) is 4.13. The lowest BCUT2D eigenvalue weighted by Gasteiger charge is -2.09. The van der Waals surface area contributed by atoms with Gasteiger partial charge in [0.25, 0.3) is 0 Å². The summed E-state index contributed by atoms with van der Waals surface area (Å²) in [5.74, 6) is -0.105. The van der Waals surface area contributed by atoms with Crippen molar-refractivity contribution in [1.82, 2.24) is 0 Å². The summed E-state index contributed by atoms with van der Waals surface area (Å²) in [5, 5.41) is 0. The van der Waals surface area contributed by atoms with Crippen molar-refractivity contribution < 1.29 is 4.79 Å². The van der Waals surface area contributed by atoms with Gasteiger partial charge in [-0.1, -0.05) is 36.9 Å². The highest BCUT2D eigenvalue weighted by atomic mass is 16.1. The molecule has 0 aliphatic carbocycles. The minimum Gasteiger partial charge on any atom is -0.318 e. The van der Waals surface area contributed by atoms with E-state index in [-0.39, 0.29) is 5.78 Å². The van der Waals surface area contributed by atoms with Crippen LogP contribution in [0.2, 0.25) is 0 Å². The van der Waals surface area contributed by atoms with Crippen molar-refractivity contribution in [2.45, 2.75) is 13.0 Å². The van der Waals surface area contributed by atoms with Gasteiger partial charge in [0.05, 0.1) is 6.04 Å². The number of ketones is 1. The summed E-state index contributed by atoms with van der Waals surface area (Å²) in [4.78, 5) is 11.4. The Balaban J connectivity index is 2.86. The van der Waals surface area contributed by atoms with Crippen molar-refractivity contribution in [1.29, 1.82) is 0 Å². The molecule has 2 nitrogen and oxygen atoms in total. The van der Waals surface area contributed by atoms with Crippen LogP contribution < -0.4 is 5.73 Å². The van der Waals surface area contributed by atoms with Gasteiger partial charge in [-0.05, 0) is 18.1 Å². The van der Waals surface area contributed by atoms with E-state index in [1.54, 1.807) is 6.92 Å². The van der Waals surface area contributed by atoms with E-state index in [9.17, 15) is 4.79 Å². The molecule has 0 heterocycles. The number of hydrogen-bond donors (Lipinski definition) is 1. The van der Waals surface area contributed by atoms with Gasteiger partial charge >= 0.3 is 0 Å². The highest BCUT2D eigenvalue weighted by molar-refractivity contribution is 5.98. The quantitative estimate of drug-likeness (QED) is 0.712. The first-order chi connectivity index (χ1) is 6.13. The van der Waals surface area contributed by atoms with Crippen molar-refractivity contribution >= 4 is 5.78 Å². The second-order valence-electron chi connectivity index (χ2n) is 3.03. The molecule has 68 valence electrons. The fourth-order valence-electron chi connectivity index (χ4n) is 1.08. The van der Waals surface area contributed by atoms with Gasteiger partial charge in [0.1, 0.15) is 0 Å². The molecule has 1 aromatic rings. The molecular weight excluding hydrogens is 162 g/mol. The van der Waals surface area contributed by atoms with Crippen molar-refractivity contribution in [2.24, 2.45) is 5.73 Å². The van der Waals surface area contributed by atoms with Crippen LogP contribution in [0, 0.1) is 0 Å². The average molecular weight is 175 g/mol. The Bertz CT molecular complexity index is 316. The van der Waals surface area contributed by atoms with Crippen LogP contribution in [0.1, 0.15) is 18.5 Å². The normalized spacial score (nSPS) is 12.2. The van der Waals surface area contributed by atoms with Crippen LogP contribution in [0.5, 0.6) is 0 Å². The van der Waals surface area contributed by atoms with Crippen LogP contribution in [0.15, 0.2) is 42.5 Å². The Hall–Kier alpha value is -1.41. The van der Waals surface area contributed by atoms with Gasteiger partial charge in [0, 0.05) is 0 Å². The molecule has 0 spiro atoms. The average Bonchev–Trinajstić information content (AvgIpc) is 2.17. The zero-order chi connectivity index (χ0) is 9.84. The molecule has 13 heavy (non-hydrogen) atoms. The SMILES string of the molecule is C=C(C)C(=O)C(N)c1ccccc1. The van der Waals surface area contributed by atoms with E-state index in [4.69, 9.17) is 5.73 Å². The molecule has 0 aliphatic heterocycles. The summed E-state index contributed by atoms with van der Waals surface area (Å²) in [6.07, 6.45) is 0. The Morgan fingerprint density at radius 2 is 1.92 bits per heavy atom. The molecule has 0 amide bonds. The second kappa shape index (κ2) is 4.01. The third kappa shape index (κ3) is 2.26. The molecule has 0 aliphatic rings. The number of benzene rings is 1. The van der Waals surface area contributed by atoms with Gasteiger partial charge in [-0.3, -0.25) is 4.79 Å². The molecule has 1 aromatic carbocycles. The van der Waals surface area contributed by atoms with Gasteiger partial charge < -0.3 is 5.73 Å². The largest absolute Gasteiger partial charge is 0.318 e. The molecule has 0 aromatic heterocycles. The number of hydrogen-bond acceptors (Lipinski definition) is 2. The van der Waals surface area contributed by atoms with Crippen molar-refractivity contribution in [2.75, 3.05) is 0 Å². The summed E-state index contributed by atoms with van der Waals surface area (Å²) in [7, 11) is 0. The van der Waals surface area contributed by atoms with Crippen molar-refractivity contribution in [3.05, 3.63) is 48.0 Å². The first kappa shape index (κ1) is 9.68. The number of carbonyl (C=O) groups is 1. The van der Waals surface area contributed by atoms with Gasteiger partial charge in [0.2, 0.25) is 0 Å². The number of rotatable bonds is 3. The predicted molar refractivity (Wildman–Crippen MR) is 53.2 cm³/mol. The highest BCUT2D eigenvalue weighted by Gasteiger charge is 2.15. The maximum atomic E-state index is 11.4. The molecule has 2 heteroatoms. The first-order valence-electron chi connectivity index (χ1n) is 4.13. The number of nitrogens with two attached hydrogens (primary N) is 1. The minimum absolute atomic E-state index is 0.105. The monoisotopic (exact) mass is 175 g/mol. The predicted octanol–water partition coefficient (Wildman–Crippen LogP) is 1.83. The van der Waals surface area contributed by atoms with E-state index in [0.717, 1.165) is 5.56 Å². The molecule has 1 atom stereocenters. The summed E-state index contributed by atoms with van der Waals surface area (Å²) in [5.41, 5.74) is 7.05. The molecular formula is C11H13NO. The smallest absolute Gasteiger partial charge is 0.179 e. The van der Waals surface area contributed by atoms with E-state index in [0.29, 0.717) is 5.57 Å². The van der Waals surface area contributed by atoms with Gasteiger partial charge in [-0.25, -0.2) is 0 Å². The molecule has 1 rings (SSSR count). The zero-order valence-corrected chi connectivity index (χ0v) is 7.66. The van der Waals surface area contributed by atoms with E-state index >= 15 is 0 Å². The molecule has 0 saturated carbocycles. The summed E-state index contributed by atoms with van der Waals surface area (Å²) in [6.45, 7) is 5.24. The molecule has 0 saturated heterocycles. The second-order valence-corrected chi connectivity index (χ2v) is 3.03. The molecule has 0 radical (unpaired) electrons. The third-order valence-electron chi connectivity index (χ3n) is 1.86. The standard InChI is InChI=1S/C11H13NO/c1-8(2)11(13)10(12)9-6-4-3-5-7-9/h3-7,10H,1,12H2,2H3. The maximum Gasteiger partial charge on any atom is 0.179 e. The fraction of sp³-hybridized carbons (Fsp3) is 0.182. The van der Waals surface area contributed by atoms with E-state index in [1.807, 2.05) is 30.3 Å². The molecule has 2 N–H and O–H groups in total. The summed E-state index contributed by atoms with van der Waals surface area (Å²) >= 11 is 0. The molecule has 0 bridgehead atoms. The lowest BCUT2D eigenvalue weighted by Crippen LogP contribution is -2.21. The van der Waals surface area contributed by atoms with E-state index in [2.05, 4.69) is 6.58 Å². The van der Waals surface area contributed by atoms with Gasteiger partial charge in [-0.2, -0.15) is 0 Å². The minimum atomic E-state index is -0.571. The van der Waals surface area contributed by atoms with Gasteiger partial charge in [-0.15, -0.1) is 0 Å². The van der Waals surface area contributed by atoms with Crippen LogP contribution in [0.25, 0.3) is 0 Å². The number of carbonyl (C=O) groups excluding carboxylic acids is 1. The van der Waals surface area contributed by atoms with Crippen molar-refractivity contribution in [3.8, 4) is 0 Å². The van der Waals surface area contributed by atoms with Gasteiger partial charge in [0.15, 0.2) is 5.78 Å². The molecule has 0 fully saturated rings. The van der Waals surface area contributed by atoms with Crippen LogP contribution in [-0.4, -0.2) is 5.78 Å².